The number of hydrogen-bond donors (Lipinski definition) is 1. The molecule has 2 nitrogen and oxygen atoms in total. The van der Waals surface area contributed by atoms with Gasteiger partial charge in [-0.1, -0.05) is 50.2 Å². The number of hydrogen-bond acceptors (Lipinski definition) is 2. The van der Waals surface area contributed by atoms with Gasteiger partial charge in [0.25, 0.3) is 0 Å². The molecule has 0 bridgehead atoms. The smallest absolute Gasteiger partial charge is 0.119 e. The molecule has 2 heteroatoms. The lowest BCUT2D eigenvalue weighted by atomic mass is 10.0. The molecule has 0 spiro atoms. The maximum atomic E-state index is 5.94. The van der Waals surface area contributed by atoms with Crippen LogP contribution in [-0.4, -0.2) is 13.7 Å². The molecule has 0 aliphatic heterocycles. The highest BCUT2D eigenvalue weighted by molar-refractivity contribution is 5.31. The summed E-state index contributed by atoms with van der Waals surface area (Å²) in [6.07, 6.45) is 0. The van der Waals surface area contributed by atoms with Crippen LogP contribution in [0.15, 0.2) is 48.5 Å². The maximum absolute atomic E-state index is 5.94. The van der Waals surface area contributed by atoms with E-state index in [9.17, 15) is 0 Å². The second-order valence-corrected chi connectivity index (χ2v) is 5.73. The lowest BCUT2D eigenvalue weighted by Gasteiger charge is -2.19. The van der Waals surface area contributed by atoms with E-state index < -0.39 is 0 Å². The molecule has 1 unspecified atom stereocenters. The molecule has 0 radical (unpaired) electrons. The van der Waals surface area contributed by atoms with E-state index >= 15 is 0 Å². The van der Waals surface area contributed by atoms with Gasteiger partial charge in [-0.25, -0.2) is 0 Å². The van der Waals surface area contributed by atoms with Crippen LogP contribution in [0.25, 0.3) is 0 Å². The van der Waals surface area contributed by atoms with Crippen molar-refractivity contribution >= 4 is 0 Å². The van der Waals surface area contributed by atoms with E-state index in [1.54, 1.807) is 0 Å². The van der Waals surface area contributed by atoms with Crippen molar-refractivity contribution in [3.63, 3.8) is 0 Å². The summed E-state index contributed by atoms with van der Waals surface area (Å²) in [6, 6.07) is 17.0. The Morgan fingerprint density at radius 2 is 1.67 bits per heavy atom. The van der Waals surface area contributed by atoms with Gasteiger partial charge in [-0.05, 0) is 48.7 Å². The predicted octanol–water partition coefficient (Wildman–Crippen LogP) is 4.46. The number of benzene rings is 2. The molecular formula is C19H25NO. The van der Waals surface area contributed by atoms with E-state index in [1.165, 1.54) is 16.7 Å². The fourth-order valence-corrected chi connectivity index (χ4v) is 2.43. The van der Waals surface area contributed by atoms with Crippen molar-refractivity contribution in [1.82, 2.24) is 5.32 Å². The normalized spacial score (nSPS) is 12.4. The Hall–Kier alpha value is -1.80. The summed E-state index contributed by atoms with van der Waals surface area (Å²) in [5, 5.41) is 3.33. The molecule has 2 aromatic rings. The molecule has 0 aliphatic carbocycles. The molecule has 2 aromatic carbocycles. The van der Waals surface area contributed by atoms with Gasteiger partial charge in [0.15, 0.2) is 0 Å². The van der Waals surface area contributed by atoms with E-state index in [1.807, 2.05) is 7.05 Å². The quantitative estimate of drug-likeness (QED) is 0.845. The lowest BCUT2D eigenvalue weighted by molar-refractivity contribution is 0.272. The molecule has 21 heavy (non-hydrogen) atoms. The number of rotatable bonds is 6. The highest BCUT2D eigenvalue weighted by atomic mass is 16.5. The minimum atomic E-state index is 0.205. The van der Waals surface area contributed by atoms with Crippen molar-refractivity contribution in [2.24, 2.45) is 0 Å². The molecule has 0 aliphatic rings. The third-order valence-electron chi connectivity index (χ3n) is 3.88. The lowest BCUT2D eigenvalue weighted by Crippen LogP contribution is -2.24. The zero-order chi connectivity index (χ0) is 15.2. The molecule has 2 rings (SSSR count). The second-order valence-electron chi connectivity index (χ2n) is 5.73. The Bertz CT molecular complexity index is 560. The first-order valence-electron chi connectivity index (χ1n) is 7.57. The first-order chi connectivity index (χ1) is 10.1. The average Bonchev–Trinajstić information content (AvgIpc) is 2.50. The predicted molar refractivity (Wildman–Crippen MR) is 89.0 cm³/mol. The van der Waals surface area contributed by atoms with Gasteiger partial charge in [0, 0.05) is 0 Å². The largest absolute Gasteiger partial charge is 0.492 e. The number of likely N-dealkylation sites (N-methyl/N-ethyl adjacent to an activating group) is 1. The van der Waals surface area contributed by atoms with E-state index in [0.29, 0.717) is 12.5 Å². The second kappa shape index (κ2) is 7.28. The molecule has 0 saturated carbocycles. The Balaban J connectivity index is 2.02. The van der Waals surface area contributed by atoms with Crippen LogP contribution >= 0.6 is 0 Å². The van der Waals surface area contributed by atoms with E-state index in [4.69, 9.17) is 4.74 Å². The van der Waals surface area contributed by atoms with Gasteiger partial charge in [-0.3, -0.25) is 0 Å². The Labute approximate surface area is 128 Å². The van der Waals surface area contributed by atoms with E-state index in [0.717, 1.165) is 5.75 Å². The monoisotopic (exact) mass is 283 g/mol. The summed E-state index contributed by atoms with van der Waals surface area (Å²) in [7, 11) is 1.97. The van der Waals surface area contributed by atoms with Crippen LogP contribution in [0.1, 0.15) is 42.5 Å². The summed E-state index contributed by atoms with van der Waals surface area (Å²) >= 11 is 0. The Morgan fingerprint density at radius 1 is 1.00 bits per heavy atom. The topological polar surface area (TPSA) is 21.3 Å². The van der Waals surface area contributed by atoms with E-state index in [2.05, 4.69) is 74.6 Å². The molecule has 112 valence electrons. The number of aryl methyl sites for hydroxylation is 1. The molecule has 0 fully saturated rings. The summed E-state index contributed by atoms with van der Waals surface area (Å²) < 4.78 is 5.94. The number of nitrogens with one attached hydrogen (secondary N) is 1. The minimum absolute atomic E-state index is 0.205. The summed E-state index contributed by atoms with van der Waals surface area (Å²) in [4.78, 5) is 0. The van der Waals surface area contributed by atoms with Gasteiger partial charge in [0.2, 0.25) is 0 Å². The van der Waals surface area contributed by atoms with Crippen LogP contribution in [0.3, 0.4) is 0 Å². The Morgan fingerprint density at radius 3 is 2.24 bits per heavy atom. The highest BCUT2D eigenvalue weighted by Crippen LogP contribution is 2.21. The highest BCUT2D eigenvalue weighted by Gasteiger charge is 2.12. The van der Waals surface area contributed by atoms with Crippen molar-refractivity contribution in [2.75, 3.05) is 13.7 Å². The van der Waals surface area contributed by atoms with Gasteiger partial charge >= 0.3 is 0 Å². The van der Waals surface area contributed by atoms with E-state index in [-0.39, 0.29) is 6.04 Å². The van der Waals surface area contributed by atoms with Crippen LogP contribution in [0.2, 0.25) is 0 Å². The molecular weight excluding hydrogens is 258 g/mol. The van der Waals surface area contributed by atoms with Gasteiger partial charge in [0.1, 0.15) is 12.4 Å². The van der Waals surface area contributed by atoms with Crippen molar-refractivity contribution in [3.05, 3.63) is 65.2 Å². The molecule has 0 aromatic heterocycles. The third kappa shape index (κ3) is 4.08. The molecule has 1 atom stereocenters. The van der Waals surface area contributed by atoms with Crippen LogP contribution in [0, 0.1) is 6.92 Å². The van der Waals surface area contributed by atoms with Gasteiger partial charge in [0.05, 0.1) is 6.04 Å². The Kier molecular flexibility index (Phi) is 5.40. The fourth-order valence-electron chi connectivity index (χ4n) is 2.43. The van der Waals surface area contributed by atoms with Crippen molar-refractivity contribution in [3.8, 4) is 5.75 Å². The van der Waals surface area contributed by atoms with Crippen LogP contribution < -0.4 is 10.1 Å². The molecule has 0 amide bonds. The third-order valence-corrected chi connectivity index (χ3v) is 3.88. The standard InChI is InChI=1S/C19H25NO/c1-14(2)16-9-11-17(12-10-16)21-13-19(20-4)18-8-6-5-7-15(18)3/h5-12,14,19-20H,13H2,1-4H3. The fraction of sp³-hybridized carbons (Fsp3) is 0.368. The van der Waals surface area contributed by atoms with Gasteiger partial charge in [-0.2, -0.15) is 0 Å². The maximum Gasteiger partial charge on any atom is 0.119 e. The van der Waals surface area contributed by atoms with Gasteiger partial charge < -0.3 is 10.1 Å². The van der Waals surface area contributed by atoms with Crippen molar-refractivity contribution < 1.29 is 4.74 Å². The minimum Gasteiger partial charge on any atom is -0.492 e. The molecule has 0 heterocycles. The number of ether oxygens (including phenoxy) is 1. The van der Waals surface area contributed by atoms with Crippen LogP contribution in [-0.2, 0) is 0 Å². The summed E-state index contributed by atoms with van der Waals surface area (Å²) in [5.74, 6) is 1.48. The summed E-state index contributed by atoms with van der Waals surface area (Å²) in [5.41, 5.74) is 3.92. The average molecular weight is 283 g/mol. The van der Waals surface area contributed by atoms with Crippen LogP contribution in [0.4, 0.5) is 0 Å². The van der Waals surface area contributed by atoms with Crippen molar-refractivity contribution in [2.45, 2.75) is 32.7 Å². The zero-order valence-electron chi connectivity index (χ0n) is 13.4. The molecule has 0 saturated heterocycles. The van der Waals surface area contributed by atoms with Crippen molar-refractivity contribution in [1.29, 1.82) is 0 Å². The van der Waals surface area contributed by atoms with Crippen LogP contribution in [0.5, 0.6) is 5.75 Å². The SMILES string of the molecule is CNC(COc1ccc(C(C)C)cc1)c1ccccc1C. The van der Waals surface area contributed by atoms with Gasteiger partial charge in [-0.15, -0.1) is 0 Å². The summed E-state index contributed by atoms with van der Waals surface area (Å²) in [6.45, 7) is 7.16. The first kappa shape index (κ1) is 15.6. The first-order valence-corrected chi connectivity index (χ1v) is 7.57. The molecule has 1 N–H and O–H groups in total. The zero-order valence-corrected chi connectivity index (χ0v) is 13.4.